The van der Waals surface area contributed by atoms with Crippen molar-refractivity contribution in [2.24, 2.45) is 0 Å². The van der Waals surface area contributed by atoms with Crippen molar-refractivity contribution in [3.63, 3.8) is 0 Å². The maximum Gasteiger partial charge on any atom is 0.243 e. The van der Waals surface area contributed by atoms with Gasteiger partial charge in [0.15, 0.2) is 0 Å². The monoisotopic (exact) mass is 398 g/mol. The molecule has 1 saturated heterocycles. The summed E-state index contributed by atoms with van der Waals surface area (Å²) in [5, 5.41) is 3.32. The number of aromatic nitrogens is 4. The SMILES string of the molecule is Cc1ccc(S(=O)(=O)N2CCC(Nc3nccc(-n4ccnc4)n3)CC2)cc1. The van der Waals surface area contributed by atoms with Gasteiger partial charge in [-0.25, -0.2) is 18.4 Å². The molecule has 8 nitrogen and oxygen atoms in total. The van der Waals surface area contributed by atoms with Crippen LogP contribution in [-0.2, 0) is 10.0 Å². The van der Waals surface area contributed by atoms with E-state index in [1.54, 1.807) is 35.2 Å². The molecule has 1 aromatic carbocycles. The van der Waals surface area contributed by atoms with Gasteiger partial charge in [0, 0.05) is 37.7 Å². The van der Waals surface area contributed by atoms with Crippen LogP contribution in [0.3, 0.4) is 0 Å². The maximum atomic E-state index is 12.8. The fraction of sp³-hybridized carbons (Fsp3) is 0.316. The largest absolute Gasteiger partial charge is 0.351 e. The zero-order valence-corrected chi connectivity index (χ0v) is 16.4. The summed E-state index contributed by atoms with van der Waals surface area (Å²) in [5.41, 5.74) is 1.04. The minimum Gasteiger partial charge on any atom is -0.351 e. The van der Waals surface area contributed by atoms with Crippen molar-refractivity contribution in [3.05, 3.63) is 60.8 Å². The van der Waals surface area contributed by atoms with E-state index in [9.17, 15) is 8.42 Å². The highest BCUT2D eigenvalue weighted by molar-refractivity contribution is 7.89. The lowest BCUT2D eigenvalue weighted by atomic mass is 10.1. The summed E-state index contributed by atoms with van der Waals surface area (Å²) in [6.07, 6.45) is 8.29. The Morgan fingerprint density at radius 1 is 1.07 bits per heavy atom. The molecule has 0 aliphatic carbocycles. The molecule has 0 atom stereocenters. The van der Waals surface area contributed by atoms with E-state index in [-0.39, 0.29) is 6.04 Å². The van der Waals surface area contributed by atoms with Crippen molar-refractivity contribution >= 4 is 16.0 Å². The summed E-state index contributed by atoms with van der Waals surface area (Å²) in [6, 6.07) is 8.93. The Bertz CT molecular complexity index is 1030. The van der Waals surface area contributed by atoms with Crippen LogP contribution in [-0.4, -0.2) is 51.4 Å². The minimum absolute atomic E-state index is 0.127. The van der Waals surface area contributed by atoms with Gasteiger partial charge in [-0.05, 0) is 38.0 Å². The molecular formula is C19H22N6O2S. The molecule has 1 aliphatic heterocycles. The van der Waals surface area contributed by atoms with Crippen LogP contribution in [0, 0.1) is 6.92 Å². The van der Waals surface area contributed by atoms with Gasteiger partial charge in [-0.2, -0.15) is 9.29 Å². The zero-order valence-electron chi connectivity index (χ0n) is 15.6. The first-order chi connectivity index (χ1) is 13.5. The molecule has 4 rings (SSSR count). The molecule has 0 amide bonds. The van der Waals surface area contributed by atoms with Crippen LogP contribution in [0.1, 0.15) is 18.4 Å². The van der Waals surface area contributed by atoms with E-state index in [1.165, 1.54) is 0 Å². The Labute approximate surface area is 164 Å². The summed E-state index contributed by atoms with van der Waals surface area (Å²) in [4.78, 5) is 13.2. The number of hydrogen-bond acceptors (Lipinski definition) is 6. The summed E-state index contributed by atoms with van der Waals surface area (Å²) >= 11 is 0. The van der Waals surface area contributed by atoms with Crippen molar-refractivity contribution < 1.29 is 8.42 Å². The molecule has 1 aliphatic rings. The van der Waals surface area contributed by atoms with Gasteiger partial charge in [-0.1, -0.05) is 17.7 Å². The second-order valence-electron chi connectivity index (χ2n) is 6.84. The molecule has 0 unspecified atom stereocenters. The smallest absolute Gasteiger partial charge is 0.243 e. The van der Waals surface area contributed by atoms with E-state index < -0.39 is 10.0 Å². The number of sulfonamides is 1. The van der Waals surface area contributed by atoms with Crippen LogP contribution >= 0.6 is 0 Å². The highest BCUT2D eigenvalue weighted by Crippen LogP contribution is 2.22. The highest BCUT2D eigenvalue weighted by atomic mass is 32.2. The molecule has 0 radical (unpaired) electrons. The van der Waals surface area contributed by atoms with Crippen LogP contribution in [0.15, 0.2) is 60.1 Å². The Kier molecular flexibility index (Phi) is 5.10. The zero-order chi connectivity index (χ0) is 19.6. The average Bonchev–Trinajstić information content (AvgIpc) is 3.24. The van der Waals surface area contributed by atoms with E-state index in [1.807, 2.05) is 35.9 Å². The van der Waals surface area contributed by atoms with Crippen molar-refractivity contribution in [2.45, 2.75) is 30.7 Å². The maximum absolute atomic E-state index is 12.8. The number of anilines is 1. The summed E-state index contributed by atoms with van der Waals surface area (Å²) in [7, 11) is -3.45. The first-order valence-electron chi connectivity index (χ1n) is 9.17. The van der Waals surface area contributed by atoms with Gasteiger partial charge in [-0.3, -0.25) is 4.57 Å². The normalized spacial score (nSPS) is 16.2. The topological polar surface area (TPSA) is 93.0 Å². The van der Waals surface area contributed by atoms with Gasteiger partial charge in [0.05, 0.1) is 4.90 Å². The lowest BCUT2D eigenvalue weighted by Crippen LogP contribution is -2.42. The standard InChI is InChI=1S/C19H22N6O2S/c1-15-2-4-17(5-3-15)28(26,27)25-11-7-16(8-12-25)22-19-21-9-6-18(23-19)24-13-10-20-14-24/h2-6,9-10,13-14,16H,7-8,11-12H2,1H3,(H,21,22,23). The number of nitrogens with zero attached hydrogens (tertiary/aromatic N) is 5. The van der Waals surface area contributed by atoms with Gasteiger partial charge < -0.3 is 5.32 Å². The van der Waals surface area contributed by atoms with Crippen LogP contribution in [0.4, 0.5) is 5.95 Å². The van der Waals surface area contributed by atoms with Gasteiger partial charge in [0.2, 0.25) is 16.0 Å². The van der Waals surface area contributed by atoms with Crippen LogP contribution in [0.25, 0.3) is 5.82 Å². The van der Waals surface area contributed by atoms with Crippen molar-refractivity contribution in [2.75, 3.05) is 18.4 Å². The molecule has 3 heterocycles. The predicted octanol–water partition coefficient (Wildman–Crippen LogP) is 2.24. The Hall–Kier alpha value is -2.78. The van der Waals surface area contributed by atoms with Crippen molar-refractivity contribution in [1.82, 2.24) is 23.8 Å². The molecule has 1 fully saturated rings. The van der Waals surface area contributed by atoms with Gasteiger partial charge in [0.25, 0.3) is 0 Å². The van der Waals surface area contributed by atoms with Crippen LogP contribution < -0.4 is 5.32 Å². The van der Waals surface area contributed by atoms with Gasteiger partial charge in [-0.15, -0.1) is 0 Å². The first-order valence-corrected chi connectivity index (χ1v) is 10.6. The third kappa shape index (κ3) is 3.90. The average molecular weight is 398 g/mol. The number of hydrogen-bond donors (Lipinski definition) is 1. The Morgan fingerprint density at radius 2 is 1.82 bits per heavy atom. The minimum atomic E-state index is -3.45. The molecule has 146 valence electrons. The number of nitrogens with one attached hydrogen (secondary N) is 1. The second kappa shape index (κ2) is 7.69. The number of rotatable bonds is 5. The molecule has 0 spiro atoms. The fourth-order valence-electron chi connectivity index (χ4n) is 3.24. The van der Waals surface area contributed by atoms with E-state index in [0.29, 0.717) is 36.8 Å². The Balaban J connectivity index is 1.39. The number of piperidine rings is 1. The number of aryl methyl sites for hydroxylation is 1. The van der Waals surface area contributed by atoms with Crippen molar-refractivity contribution in [3.8, 4) is 5.82 Å². The molecule has 0 saturated carbocycles. The molecule has 3 aromatic rings. The van der Waals surface area contributed by atoms with E-state index >= 15 is 0 Å². The quantitative estimate of drug-likeness (QED) is 0.708. The molecule has 1 N–H and O–H groups in total. The van der Waals surface area contributed by atoms with Crippen LogP contribution in [0.5, 0.6) is 0 Å². The second-order valence-corrected chi connectivity index (χ2v) is 8.78. The van der Waals surface area contributed by atoms with Crippen molar-refractivity contribution in [1.29, 1.82) is 0 Å². The fourth-order valence-corrected chi connectivity index (χ4v) is 4.71. The third-order valence-corrected chi connectivity index (χ3v) is 6.77. The Morgan fingerprint density at radius 3 is 2.50 bits per heavy atom. The van der Waals surface area contributed by atoms with E-state index in [2.05, 4.69) is 20.3 Å². The molecule has 28 heavy (non-hydrogen) atoms. The number of imidazole rings is 1. The first kappa shape index (κ1) is 18.6. The lowest BCUT2D eigenvalue weighted by Gasteiger charge is -2.31. The summed E-state index contributed by atoms with van der Waals surface area (Å²) < 4.78 is 29.0. The van der Waals surface area contributed by atoms with Gasteiger partial charge in [0.1, 0.15) is 12.1 Å². The lowest BCUT2D eigenvalue weighted by molar-refractivity contribution is 0.329. The summed E-state index contributed by atoms with van der Waals surface area (Å²) in [6.45, 7) is 2.88. The van der Waals surface area contributed by atoms with Crippen LogP contribution in [0.2, 0.25) is 0 Å². The van der Waals surface area contributed by atoms with E-state index in [0.717, 1.165) is 11.4 Å². The third-order valence-electron chi connectivity index (χ3n) is 4.86. The summed E-state index contributed by atoms with van der Waals surface area (Å²) in [5.74, 6) is 1.26. The van der Waals surface area contributed by atoms with Gasteiger partial charge >= 0.3 is 0 Å². The molecular weight excluding hydrogens is 376 g/mol. The molecule has 0 bridgehead atoms. The van der Waals surface area contributed by atoms with E-state index in [4.69, 9.17) is 0 Å². The molecule has 9 heteroatoms. The number of benzene rings is 1. The highest BCUT2D eigenvalue weighted by Gasteiger charge is 2.29. The molecule has 2 aromatic heterocycles. The predicted molar refractivity (Wildman–Crippen MR) is 106 cm³/mol.